The van der Waals surface area contributed by atoms with Crippen molar-refractivity contribution < 1.29 is 22.7 Å². The molecule has 10 nitrogen and oxygen atoms in total. The van der Waals surface area contributed by atoms with Crippen LogP contribution in [-0.4, -0.2) is 68.9 Å². The van der Waals surface area contributed by atoms with Gasteiger partial charge in [0, 0.05) is 31.5 Å². The number of methoxy groups -OCH3 is 1. The van der Waals surface area contributed by atoms with Crippen molar-refractivity contribution in [3.63, 3.8) is 0 Å². The van der Waals surface area contributed by atoms with Crippen molar-refractivity contribution >= 4 is 37.9 Å². The third-order valence-electron chi connectivity index (χ3n) is 4.32. The van der Waals surface area contributed by atoms with E-state index in [0.29, 0.717) is 10.7 Å². The van der Waals surface area contributed by atoms with Crippen LogP contribution < -0.4 is 9.62 Å². The average molecular weight is 438 g/mol. The molecule has 0 unspecified atom stereocenters. The maximum atomic E-state index is 12.2. The first kappa shape index (κ1) is 19.8. The third-order valence-corrected chi connectivity index (χ3v) is 6.98. The van der Waals surface area contributed by atoms with Gasteiger partial charge in [-0.15, -0.1) is 5.10 Å². The molecule has 1 aliphatic rings. The number of nitrogens with zero attached hydrogens (tertiary/aromatic N) is 4. The number of anilines is 1. The van der Waals surface area contributed by atoms with Gasteiger partial charge in [-0.2, -0.15) is 8.42 Å². The Balaban J connectivity index is 1.53. The summed E-state index contributed by atoms with van der Waals surface area (Å²) in [6, 6.07) is 8.01. The molecule has 154 valence electrons. The number of carbonyl (C=O) groups excluding carboxylic acids is 1. The summed E-state index contributed by atoms with van der Waals surface area (Å²) < 4.78 is 37.5. The second kappa shape index (κ2) is 8.06. The molecule has 3 heterocycles. The van der Waals surface area contributed by atoms with Crippen molar-refractivity contribution in [2.24, 2.45) is 0 Å². The highest BCUT2D eigenvalue weighted by Crippen LogP contribution is 2.26. The lowest BCUT2D eigenvalue weighted by atomic mass is 10.1. The zero-order valence-corrected chi connectivity index (χ0v) is 17.2. The average Bonchev–Trinajstić information content (AvgIpc) is 3.28. The molecule has 0 aliphatic carbocycles. The Kier molecular flexibility index (Phi) is 5.50. The second-order valence-electron chi connectivity index (χ2n) is 6.33. The first-order chi connectivity index (χ1) is 14.0. The minimum Gasteiger partial charge on any atom is -0.378 e. The highest BCUT2D eigenvalue weighted by Gasteiger charge is 2.23. The first-order valence-electron chi connectivity index (χ1n) is 8.80. The molecule has 12 heteroatoms. The van der Waals surface area contributed by atoms with Crippen molar-refractivity contribution in [2.45, 2.75) is 4.34 Å². The Hall–Kier alpha value is -2.54. The number of nitrogens with one attached hydrogen (secondary N) is 1. The monoisotopic (exact) mass is 437 g/mol. The second-order valence-corrected chi connectivity index (χ2v) is 9.14. The predicted octanol–water partition coefficient (Wildman–Crippen LogP) is 0.746. The number of aromatic nitrogens is 3. The van der Waals surface area contributed by atoms with Gasteiger partial charge in [0.25, 0.3) is 20.3 Å². The smallest absolute Gasteiger partial charge is 0.293 e. The Morgan fingerprint density at radius 1 is 1.28 bits per heavy atom. The zero-order chi connectivity index (χ0) is 20.4. The standard InChI is InChI=1S/C17H19N5O5S2/c1-26-11-15(23)20-29(24,25)17-19-22-10-14(18-16(22)28-17)12-2-4-13(5-3-12)21-6-8-27-9-7-21/h2-5,10H,6-9,11H2,1H3,(H,20,23). The summed E-state index contributed by atoms with van der Waals surface area (Å²) >= 11 is 0.881. The van der Waals surface area contributed by atoms with E-state index >= 15 is 0 Å². The number of imidazole rings is 1. The van der Waals surface area contributed by atoms with Crippen LogP contribution in [0, 0.1) is 0 Å². The molecule has 0 saturated carbocycles. The summed E-state index contributed by atoms with van der Waals surface area (Å²) in [6.45, 7) is 2.82. The van der Waals surface area contributed by atoms with Crippen LogP contribution in [0.4, 0.5) is 5.69 Å². The van der Waals surface area contributed by atoms with Crippen LogP contribution in [0.2, 0.25) is 0 Å². The normalized spacial score (nSPS) is 15.0. The van der Waals surface area contributed by atoms with Crippen molar-refractivity contribution in [1.29, 1.82) is 0 Å². The highest BCUT2D eigenvalue weighted by molar-refractivity contribution is 7.92. The van der Waals surface area contributed by atoms with E-state index in [1.54, 1.807) is 6.20 Å². The molecule has 3 aromatic rings. The fourth-order valence-corrected chi connectivity index (χ4v) is 4.99. The molecule has 1 saturated heterocycles. The lowest BCUT2D eigenvalue weighted by molar-refractivity contribution is -0.122. The number of hydrogen-bond donors (Lipinski definition) is 1. The number of hydrogen-bond acceptors (Lipinski definition) is 9. The van der Waals surface area contributed by atoms with Crippen LogP contribution >= 0.6 is 11.3 Å². The molecule has 1 fully saturated rings. The predicted molar refractivity (Wildman–Crippen MR) is 107 cm³/mol. The van der Waals surface area contributed by atoms with Gasteiger partial charge in [-0.25, -0.2) is 14.2 Å². The number of morpholine rings is 1. The van der Waals surface area contributed by atoms with E-state index in [-0.39, 0.29) is 10.9 Å². The van der Waals surface area contributed by atoms with Crippen molar-refractivity contribution in [2.75, 3.05) is 44.9 Å². The van der Waals surface area contributed by atoms with E-state index in [4.69, 9.17) is 4.74 Å². The van der Waals surface area contributed by atoms with Gasteiger partial charge in [0.05, 0.1) is 25.1 Å². The quantitative estimate of drug-likeness (QED) is 0.601. The maximum absolute atomic E-state index is 12.2. The highest BCUT2D eigenvalue weighted by atomic mass is 32.2. The molecule has 1 N–H and O–H groups in total. The van der Waals surface area contributed by atoms with Gasteiger partial charge in [-0.1, -0.05) is 23.5 Å². The molecule has 0 bridgehead atoms. The Morgan fingerprint density at radius 3 is 2.66 bits per heavy atom. The van der Waals surface area contributed by atoms with Gasteiger partial charge >= 0.3 is 0 Å². The summed E-state index contributed by atoms with van der Waals surface area (Å²) in [6.07, 6.45) is 1.66. The van der Waals surface area contributed by atoms with Gasteiger partial charge in [0.2, 0.25) is 4.96 Å². The Morgan fingerprint density at radius 2 is 2.00 bits per heavy atom. The fourth-order valence-electron chi connectivity index (χ4n) is 2.95. The summed E-state index contributed by atoms with van der Waals surface area (Å²) in [5.74, 6) is -0.763. The lowest BCUT2D eigenvalue weighted by Gasteiger charge is -2.28. The van der Waals surface area contributed by atoms with E-state index in [9.17, 15) is 13.2 Å². The van der Waals surface area contributed by atoms with E-state index in [2.05, 4.69) is 19.7 Å². The maximum Gasteiger partial charge on any atom is 0.293 e. The number of ether oxygens (including phenoxy) is 2. The van der Waals surface area contributed by atoms with E-state index < -0.39 is 15.9 Å². The number of carbonyl (C=O) groups is 1. The molecule has 0 spiro atoms. The lowest BCUT2D eigenvalue weighted by Crippen LogP contribution is -2.36. The van der Waals surface area contributed by atoms with Gasteiger partial charge in [0.1, 0.15) is 6.61 Å². The van der Waals surface area contributed by atoms with E-state index in [0.717, 1.165) is 48.9 Å². The summed E-state index contributed by atoms with van der Waals surface area (Å²) in [5, 5.41) is 4.04. The molecule has 4 rings (SSSR count). The van der Waals surface area contributed by atoms with Gasteiger partial charge in [-0.05, 0) is 12.1 Å². The van der Waals surface area contributed by atoms with Crippen LogP contribution in [0.1, 0.15) is 0 Å². The number of fused-ring (bicyclic) bond motifs is 1. The van der Waals surface area contributed by atoms with Crippen LogP contribution in [-0.2, 0) is 24.3 Å². The van der Waals surface area contributed by atoms with Crippen LogP contribution in [0.25, 0.3) is 16.2 Å². The SMILES string of the molecule is COCC(=O)NS(=O)(=O)c1nn2cc(-c3ccc(N4CCOCC4)cc3)nc2s1. The van der Waals surface area contributed by atoms with E-state index in [1.807, 2.05) is 29.0 Å². The minimum absolute atomic E-state index is 0.237. The molecule has 1 amide bonds. The fraction of sp³-hybridized carbons (Fsp3) is 0.353. The largest absolute Gasteiger partial charge is 0.378 e. The number of sulfonamides is 1. The van der Waals surface area contributed by atoms with Crippen LogP contribution in [0.5, 0.6) is 0 Å². The van der Waals surface area contributed by atoms with Crippen LogP contribution in [0.15, 0.2) is 34.8 Å². The molecule has 2 aromatic heterocycles. The molecule has 1 aliphatic heterocycles. The number of amides is 1. The van der Waals surface area contributed by atoms with Crippen LogP contribution in [0.3, 0.4) is 0 Å². The molecular formula is C17H19N5O5S2. The third kappa shape index (κ3) is 4.24. The molecule has 29 heavy (non-hydrogen) atoms. The van der Waals surface area contributed by atoms with E-state index in [1.165, 1.54) is 11.6 Å². The van der Waals surface area contributed by atoms with Crippen molar-refractivity contribution in [3.8, 4) is 11.3 Å². The number of benzene rings is 1. The first-order valence-corrected chi connectivity index (χ1v) is 11.1. The molecular weight excluding hydrogens is 418 g/mol. The Labute approximate surface area is 171 Å². The molecule has 1 aromatic carbocycles. The Bertz CT molecular complexity index is 1090. The minimum atomic E-state index is -4.06. The number of rotatable bonds is 6. The van der Waals surface area contributed by atoms with Crippen molar-refractivity contribution in [1.82, 2.24) is 19.3 Å². The summed E-state index contributed by atoms with van der Waals surface area (Å²) in [7, 11) is -2.75. The van der Waals surface area contributed by atoms with Crippen molar-refractivity contribution in [3.05, 3.63) is 30.5 Å². The van der Waals surface area contributed by atoms with Gasteiger partial charge in [0.15, 0.2) is 0 Å². The molecule has 0 radical (unpaired) electrons. The summed E-state index contributed by atoms with van der Waals surface area (Å²) in [5.41, 5.74) is 2.71. The zero-order valence-electron chi connectivity index (χ0n) is 15.6. The topological polar surface area (TPSA) is 115 Å². The van der Waals surface area contributed by atoms with Gasteiger partial charge in [-0.3, -0.25) is 4.79 Å². The molecule has 0 atom stereocenters. The van der Waals surface area contributed by atoms with Gasteiger partial charge < -0.3 is 14.4 Å². The summed E-state index contributed by atoms with van der Waals surface area (Å²) in [4.78, 5) is 18.6.